The molecule has 1 amide bonds. The van der Waals surface area contributed by atoms with Crippen LogP contribution in [0, 0.1) is 5.92 Å². The molecule has 0 radical (unpaired) electrons. The summed E-state index contributed by atoms with van der Waals surface area (Å²) in [6.07, 6.45) is 0.902. The van der Waals surface area contributed by atoms with E-state index in [0.717, 1.165) is 13.0 Å². The van der Waals surface area contributed by atoms with Crippen molar-refractivity contribution < 1.29 is 9.90 Å². The summed E-state index contributed by atoms with van der Waals surface area (Å²) in [5.74, 6) is 0.294. The van der Waals surface area contributed by atoms with Crippen LogP contribution in [0.2, 0.25) is 0 Å². The number of hydrogen-bond donors (Lipinski definition) is 1. The van der Waals surface area contributed by atoms with Crippen molar-refractivity contribution in [3.8, 4) is 0 Å². The largest absolute Gasteiger partial charge is 0.396 e. The van der Waals surface area contributed by atoms with Gasteiger partial charge in [0.2, 0.25) is 5.91 Å². The minimum atomic E-state index is -0.0254. The van der Waals surface area contributed by atoms with E-state index in [1.807, 2.05) is 0 Å². The Morgan fingerprint density at radius 3 is 2.91 bits per heavy atom. The topological polar surface area (TPSA) is 40.5 Å². The maximum atomic E-state index is 11.0. The summed E-state index contributed by atoms with van der Waals surface area (Å²) in [6.45, 7) is 1.59. The van der Waals surface area contributed by atoms with Gasteiger partial charge in [-0.15, -0.1) is 11.6 Å². The smallest absolute Gasteiger partial charge is 0.237 e. The van der Waals surface area contributed by atoms with Crippen LogP contribution < -0.4 is 0 Å². The number of amides is 1. The highest BCUT2D eigenvalue weighted by atomic mass is 35.5. The molecule has 0 saturated carbocycles. The van der Waals surface area contributed by atoms with Crippen molar-refractivity contribution in [2.45, 2.75) is 6.42 Å². The summed E-state index contributed by atoms with van der Waals surface area (Å²) in [5.41, 5.74) is 0. The van der Waals surface area contributed by atoms with Gasteiger partial charge >= 0.3 is 0 Å². The number of carbonyl (C=O) groups is 1. The quantitative estimate of drug-likeness (QED) is 0.607. The van der Waals surface area contributed by atoms with Crippen LogP contribution in [-0.4, -0.2) is 41.5 Å². The van der Waals surface area contributed by atoms with E-state index in [9.17, 15) is 4.79 Å². The Morgan fingerprint density at radius 2 is 2.45 bits per heavy atom. The van der Waals surface area contributed by atoms with Crippen LogP contribution >= 0.6 is 11.6 Å². The third-order valence-corrected chi connectivity index (χ3v) is 2.24. The van der Waals surface area contributed by atoms with Crippen molar-refractivity contribution in [2.75, 3.05) is 25.6 Å². The monoisotopic (exact) mass is 177 g/mol. The molecule has 1 aliphatic rings. The van der Waals surface area contributed by atoms with Gasteiger partial charge in [-0.1, -0.05) is 0 Å². The second-order valence-electron chi connectivity index (χ2n) is 2.81. The Balaban J connectivity index is 2.35. The predicted molar refractivity (Wildman–Crippen MR) is 42.5 cm³/mol. The summed E-state index contributed by atoms with van der Waals surface area (Å²) >= 11 is 5.37. The van der Waals surface area contributed by atoms with Crippen LogP contribution in [-0.2, 0) is 4.79 Å². The first-order valence-electron chi connectivity index (χ1n) is 3.72. The molecule has 1 fully saturated rings. The summed E-state index contributed by atoms with van der Waals surface area (Å²) in [6, 6.07) is 0. The molecule has 0 spiro atoms. The van der Waals surface area contributed by atoms with Crippen LogP contribution in [0.15, 0.2) is 0 Å². The summed E-state index contributed by atoms with van der Waals surface area (Å²) in [5, 5.41) is 8.77. The van der Waals surface area contributed by atoms with Crippen molar-refractivity contribution in [3.05, 3.63) is 0 Å². The molecule has 0 bridgehead atoms. The van der Waals surface area contributed by atoms with Gasteiger partial charge in [0, 0.05) is 25.6 Å². The normalized spacial score (nSPS) is 24.2. The second kappa shape index (κ2) is 3.93. The molecule has 11 heavy (non-hydrogen) atoms. The number of carbonyl (C=O) groups excluding carboxylic acids is 1. The van der Waals surface area contributed by atoms with Gasteiger partial charge in [-0.25, -0.2) is 0 Å². The maximum absolute atomic E-state index is 11.0. The zero-order valence-electron chi connectivity index (χ0n) is 6.29. The average Bonchev–Trinajstić information content (AvgIpc) is 2.50. The van der Waals surface area contributed by atoms with Crippen molar-refractivity contribution in [3.63, 3.8) is 0 Å². The zero-order valence-corrected chi connectivity index (χ0v) is 7.05. The van der Waals surface area contributed by atoms with Crippen LogP contribution in [0.1, 0.15) is 6.42 Å². The molecule has 0 aliphatic carbocycles. The lowest BCUT2D eigenvalue weighted by Crippen LogP contribution is -2.29. The van der Waals surface area contributed by atoms with Gasteiger partial charge in [0.1, 0.15) is 5.88 Å². The molecule has 1 heterocycles. The minimum absolute atomic E-state index is 0.0254. The van der Waals surface area contributed by atoms with E-state index in [4.69, 9.17) is 16.7 Å². The molecule has 1 unspecified atom stereocenters. The molecule has 0 aromatic rings. The Morgan fingerprint density at radius 1 is 1.73 bits per heavy atom. The van der Waals surface area contributed by atoms with Gasteiger partial charge in [0.25, 0.3) is 0 Å². The maximum Gasteiger partial charge on any atom is 0.237 e. The van der Waals surface area contributed by atoms with E-state index in [-0.39, 0.29) is 24.3 Å². The molecule has 0 aromatic heterocycles. The molecule has 1 saturated heterocycles. The number of nitrogens with zero attached hydrogens (tertiary/aromatic N) is 1. The Labute approximate surface area is 70.9 Å². The number of hydrogen-bond acceptors (Lipinski definition) is 2. The lowest BCUT2D eigenvalue weighted by atomic mass is 10.1. The van der Waals surface area contributed by atoms with Gasteiger partial charge in [-0.05, 0) is 6.42 Å². The molecular formula is C7H12ClNO2. The highest BCUT2D eigenvalue weighted by Gasteiger charge is 2.24. The van der Waals surface area contributed by atoms with Crippen LogP contribution in [0.25, 0.3) is 0 Å². The number of aliphatic hydroxyl groups excluding tert-OH is 1. The predicted octanol–water partition coefficient (Wildman–Crippen LogP) is 0.0660. The number of aliphatic hydroxyl groups is 1. The van der Waals surface area contributed by atoms with Gasteiger partial charge in [-0.2, -0.15) is 0 Å². The Hall–Kier alpha value is -0.280. The molecule has 0 aromatic carbocycles. The molecule has 3 nitrogen and oxygen atoms in total. The van der Waals surface area contributed by atoms with Crippen molar-refractivity contribution in [1.82, 2.24) is 4.90 Å². The number of rotatable bonds is 2. The van der Waals surface area contributed by atoms with Gasteiger partial charge in [-0.3, -0.25) is 4.79 Å². The number of alkyl halides is 1. The lowest BCUT2D eigenvalue weighted by Gasteiger charge is -2.13. The second-order valence-corrected chi connectivity index (χ2v) is 3.08. The average molecular weight is 178 g/mol. The molecule has 4 heteroatoms. The zero-order chi connectivity index (χ0) is 8.27. The van der Waals surface area contributed by atoms with Crippen molar-refractivity contribution in [1.29, 1.82) is 0 Å². The fourth-order valence-electron chi connectivity index (χ4n) is 1.29. The molecule has 1 atom stereocenters. The minimum Gasteiger partial charge on any atom is -0.396 e. The van der Waals surface area contributed by atoms with Gasteiger partial charge in [0.15, 0.2) is 0 Å². The molecular weight excluding hydrogens is 166 g/mol. The highest BCUT2D eigenvalue weighted by molar-refractivity contribution is 6.27. The summed E-state index contributed by atoms with van der Waals surface area (Å²) in [4.78, 5) is 12.7. The van der Waals surface area contributed by atoms with E-state index in [2.05, 4.69) is 0 Å². The van der Waals surface area contributed by atoms with E-state index >= 15 is 0 Å². The summed E-state index contributed by atoms with van der Waals surface area (Å²) < 4.78 is 0. The number of likely N-dealkylation sites (tertiary alicyclic amines) is 1. The van der Waals surface area contributed by atoms with E-state index in [1.54, 1.807) is 4.90 Å². The SMILES string of the molecule is O=C(CCl)N1CCC(CO)C1. The first kappa shape index (κ1) is 8.81. The van der Waals surface area contributed by atoms with Gasteiger partial charge < -0.3 is 10.0 Å². The first-order chi connectivity index (χ1) is 5.27. The fraction of sp³-hybridized carbons (Fsp3) is 0.857. The van der Waals surface area contributed by atoms with Crippen LogP contribution in [0.3, 0.4) is 0 Å². The molecule has 1 rings (SSSR count). The van der Waals surface area contributed by atoms with Gasteiger partial charge in [0.05, 0.1) is 0 Å². The van der Waals surface area contributed by atoms with E-state index in [1.165, 1.54) is 0 Å². The van der Waals surface area contributed by atoms with E-state index in [0.29, 0.717) is 6.54 Å². The van der Waals surface area contributed by atoms with Crippen molar-refractivity contribution in [2.24, 2.45) is 5.92 Å². The fourth-order valence-corrected chi connectivity index (χ4v) is 1.46. The molecule has 1 aliphatic heterocycles. The van der Waals surface area contributed by atoms with Crippen molar-refractivity contribution >= 4 is 17.5 Å². The third-order valence-electron chi connectivity index (χ3n) is 2.01. The third kappa shape index (κ3) is 2.07. The number of halogens is 1. The molecule has 1 N–H and O–H groups in total. The standard InChI is InChI=1S/C7H12ClNO2/c8-3-7(11)9-2-1-6(4-9)5-10/h6,10H,1-5H2. The van der Waals surface area contributed by atoms with Crippen LogP contribution in [0.5, 0.6) is 0 Å². The highest BCUT2D eigenvalue weighted by Crippen LogP contribution is 2.15. The Kier molecular flexibility index (Phi) is 3.15. The van der Waals surface area contributed by atoms with Crippen LogP contribution in [0.4, 0.5) is 0 Å². The van der Waals surface area contributed by atoms with E-state index < -0.39 is 0 Å². The first-order valence-corrected chi connectivity index (χ1v) is 4.26. The lowest BCUT2D eigenvalue weighted by molar-refractivity contribution is -0.127. The summed E-state index contributed by atoms with van der Waals surface area (Å²) in [7, 11) is 0. The Bertz CT molecular complexity index is 151. The molecule has 64 valence electrons.